The average Bonchev–Trinajstić information content (AvgIpc) is 2.60. The molecule has 0 saturated carbocycles. The second-order valence-corrected chi connectivity index (χ2v) is 5.47. The molecule has 0 aliphatic carbocycles. The zero-order valence-electron chi connectivity index (χ0n) is 11.6. The number of para-hydroxylation sites is 1. The lowest BCUT2D eigenvalue weighted by molar-refractivity contribution is -0.117. The molecule has 1 aromatic carbocycles. The molecule has 19 heavy (non-hydrogen) atoms. The van der Waals surface area contributed by atoms with E-state index in [1.165, 1.54) is 0 Å². The van der Waals surface area contributed by atoms with Gasteiger partial charge < -0.3 is 10.2 Å². The van der Waals surface area contributed by atoms with Crippen LogP contribution < -0.4 is 10.2 Å². The van der Waals surface area contributed by atoms with Crippen LogP contribution in [0.15, 0.2) is 24.3 Å². The number of hydrogen-bond donors (Lipinski definition) is 1. The van der Waals surface area contributed by atoms with Crippen LogP contribution in [0, 0.1) is 17.2 Å². The summed E-state index contributed by atoms with van der Waals surface area (Å²) in [5.41, 5.74) is 0.986. The quantitative estimate of drug-likeness (QED) is 0.900. The molecule has 1 fully saturated rings. The van der Waals surface area contributed by atoms with Crippen molar-refractivity contribution in [3.8, 4) is 6.07 Å². The molecule has 1 aromatic rings. The fraction of sp³-hybridized carbons (Fsp3) is 0.467. The SMILES string of the molecule is CNCC1CC(=O)N(c2ccccc2C#N)C1(C)C. The average molecular weight is 257 g/mol. The predicted molar refractivity (Wildman–Crippen MR) is 74.8 cm³/mol. The van der Waals surface area contributed by atoms with Gasteiger partial charge in [-0.3, -0.25) is 4.79 Å². The molecule has 4 heteroatoms. The first-order valence-corrected chi connectivity index (χ1v) is 6.49. The number of carbonyl (C=O) groups is 1. The highest BCUT2D eigenvalue weighted by Crippen LogP contribution is 2.39. The number of amides is 1. The lowest BCUT2D eigenvalue weighted by Crippen LogP contribution is -2.46. The van der Waals surface area contributed by atoms with Gasteiger partial charge in [0.1, 0.15) is 6.07 Å². The Balaban J connectivity index is 2.44. The van der Waals surface area contributed by atoms with Crippen LogP contribution in [0.1, 0.15) is 25.8 Å². The van der Waals surface area contributed by atoms with Crippen LogP contribution in [-0.2, 0) is 4.79 Å². The standard InChI is InChI=1S/C15H19N3O/c1-15(2)12(10-17-3)8-14(19)18(15)13-7-5-4-6-11(13)9-16/h4-7,12,17H,8,10H2,1-3H3. The number of benzene rings is 1. The van der Waals surface area contributed by atoms with Crippen molar-refractivity contribution in [2.24, 2.45) is 5.92 Å². The van der Waals surface area contributed by atoms with E-state index in [1.54, 1.807) is 11.0 Å². The molecule has 4 nitrogen and oxygen atoms in total. The molecule has 1 unspecified atom stereocenters. The molecule has 0 aromatic heterocycles. The zero-order chi connectivity index (χ0) is 14.0. The van der Waals surface area contributed by atoms with Crippen molar-refractivity contribution in [2.45, 2.75) is 25.8 Å². The van der Waals surface area contributed by atoms with Crippen molar-refractivity contribution < 1.29 is 4.79 Å². The van der Waals surface area contributed by atoms with Crippen molar-refractivity contribution >= 4 is 11.6 Å². The van der Waals surface area contributed by atoms with E-state index in [2.05, 4.69) is 25.2 Å². The minimum Gasteiger partial charge on any atom is -0.319 e. The zero-order valence-corrected chi connectivity index (χ0v) is 11.6. The summed E-state index contributed by atoms with van der Waals surface area (Å²) in [7, 11) is 1.90. The van der Waals surface area contributed by atoms with Gasteiger partial charge in [0.2, 0.25) is 5.91 Å². The normalized spacial score (nSPS) is 21.5. The van der Waals surface area contributed by atoms with Gasteiger partial charge in [-0.25, -0.2) is 0 Å². The number of nitriles is 1. The van der Waals surface area contributed by atoms with Gasteiger partial charge in [0.15, 0.2) is 0 Å². The topological polar surface area (TPSA) is 56.1 Å². The van der Waals surface area contributed by atoms with Crippen LogP contribution in [0.2, 0.25) is 0 Å². The lowest BCUT2D eigenvalue weighted by Gasteiger charge is -2.36. The van der Waals surface area contributed by atoms with Gasteiger partial charge in [-0.15, -0.1) is 0 Å². The molecule has 0 bridgehead atoms. The Bertz CT molecular complexity index is 530. The van der Waals surface area contributed by atoms with E-state index in [4.69, 9.17) is 0 Å². The molecule has 0 spiro atoms. The summed E-state index contributed by atoms with van der Waals surface area (Å²) in [6, 6.07) is 9.46. The highest BCUT2D eigenvalue weighted by molar-refractivity contribution is 5.98. The van der Waals surface area contributed by atoms with Gasteiger partial charge in [-0.05, 0) is 33.0 Å². The third-order valence-electron chi connectivity index (χ3n) is 3.96. The van der Waals surface area contributed by atoms with E-state index in [-0.39, 0.29) is 17.4 Å². The largest absolute Gasteiger partial charge is 0.319 e. The predicted octanol–water partition coefficient (Wildman–Crippen LogP) is 1.91. The van der Waals surface area contributed by atoms with Crippen LogP contribution in [-0.4, -0.2) is 25.0 Å². The van der Waals surface area contributed by atoms with E-state index in [9.17, 15) is 10.1 Å². The van der Waals surface area contributed by atoms with Gasteiger partial charge in [0.25, 0.3) is 0 Å². The Labute approximate surface area is 114 Å². The summed E-state index contributed by atoms with van der Waals surface area (Å²) in [5, 5.41) is 12.3. The van der Waals surface area contributed by atoms with Gasteiger partial charge in [0, 0.05) is 24.4 Å². The molecule has 0 radical (unpaired) electrons. The van der Waals surface area contributed by atoms with E-state index in [0.717, 1.165) is 12.2 Å². The maximum Gasteiger partial charge on any atom is 0.227 e. The van der Waals surface area contributed by atoms with E-state index in [1.807, 2.05) is 25.2 Å². The Morgan fingerprint density at radius 2 is 2.16 bits per heavy atom. The van der Waals surface area contributed by atoms with Crippen molar-refractivity contribution in [2.75, 3.05) is 18.5 Å². The van der Waals surface area contributed by atoms with Crippen LogP contribution in [0.4, 0.5) is 5.69 Å². The van der Waals surface area contributed by atoms with Crippen molar-refractivity contribution in [3.63, 3.8) is 0 Å². The summed E-state index contributed by atoms with van der Waals surface area (Å²) in [6.45, 7) is 4.92. The minimum atomic E-state index is -0.285. The Kier molecular flexibility index (Phi) is 3.59. The van der Waals surface area contributed by atoms with Crippen molar-refractivity contribution in [1.29, 1.82) is 5.26 Å². The molecule has 100 valence electrons. The van der Waals surface area contributed by atoms with Crippen LogP contribution in [0.5, 0.6) is 0 Å². The number of nitrogens with one attached hydrogen (secondary N) is 1. The molecular weight excluding hydrogens is 238 g/mol. The molecule has 1 atom stereocenters. The summed E-state index contributed by atoms with van der Waals surface area (Å²) < 4.78 is 0. The summed E-state index contributed by atoms with van der Waals surface area (Å²) in [5.74, 6) is 0.338. The smallest absolute Gasteiger partial charge is 0.227 e. The van der Waals surface area contributed by atoms with E-state index < -0.39 is 0 Å². The Morgan fingerprint density at radius 1 is 1.47 bits per heavy atom. The van der Waals surface area contributed by atoms with Crippen LogP contribution in [0.3, 0.4) is 0 Å². The second kappa shape index (κ2) is 5.02. The first kappa shape index (κ1) is 13.6. The number of hydrogen-bond acceptors (Lipinski definition) is 3. The lowest BCUT2D eigenvalue weighted by atomic mass is 9.88. The fourth-order valence-corrected chi connectivity index (χ4v) is 2.83. The molecule has 1 N–H and O–H groups in total. The highest BCUT2D eigenvalue weighted by atomic mass is 16.2. The third-order valence-corrected chi connectivity index (χ3v) is 3.96. The monoisotopic (exact) mass is 257 g/mol. The molecule has 1 saturated heterocycles. The van der Waals surface area contributed by atoms with E-state index in [0.29, 0.717) is 12.0 Å². The van der Waals surface area contributed by atoms with Gasteiger partial charge >= 0.3 is 0 Å². The van der Waals surface area contributed by atoms with Crippen molar-refractivity contribution in [3.05, 3.63) is 29.8 Å². The Hall–Kier alpha value is -1.86. The highest BCUT2D eigenvalue weighted by Gasteiger charge is 2.46. The maximum atomic E-state index is 12.3. The molecule has 2 rings (SSSR count). The molecule has 1 amide bonds. The number of anilines is 1. The number of nitrogens with zero attached hydrogens (tertiary/aromatic N) is 2. The van der Waals surface area contributed by atoms with Gasteiger partial charge in [0.05, 0.1) is 11.3 Å². The van der Waals surface area contributed by atoms with Crippen LogP contribution >= 0.6 is 0 Å². The Morgan fingerprint density at radius 3 is 2.79 bits per heavy atom. The summed E-state index contributed by atoms with van der Waals surface area (Å²) in [6.07, 6.45) is 0.521. The minimum absolute atomic E-state index is 0.0907. The van der Waals surface area contributed by atoms with Gasteiger partial charge in [-0.2, -0.15) is 5.26 Å². The number of rotatable bonds is 3. The first-order valence-electron chi connectivity index (χ1n) is 6.49. The molecule has 1 aliphatic heterocycles. The second-order valence-electron chi connectivity index (χ2n) is 5.47. The third kappa shape index (κ3) is 2.22. The van der Waals surface area contributed by atoms with Crippen LogP contribution in [0.25, 0.3) is 0 Å². The fourth-order valence-electron chi connectivity index (χ4n) is 2.83. The van der Waals surface area contributed by atoms with Gasteiger partial charge in [-0.1, -0.05) is 12.1 Å². The summed E-state index contributed by atoms with van der Waals surface area (Å²) >= 11 is 0. The maximum absolute atomic E-state index is 12.3. The van der Waals surface area contributed by atoms with E-state index >= 15 is 0 Å². The molecule has 1 aliphatic rings. The molecule has 1 heterocycles. The first-order chi connectivity index (χ1) is 9.02. The van der Waals surface area contributed by atoms with Crippen molar-refractivity contribution in [1.82, 2.24) is 5.32 Å². The molecular formula is C15H19N3O. The summed E-state index contributed by atoms with van der Waals surface area (Å²) in [4.78, 5) is 14.1. The number of carbonyl (C=O) groups excluding carboxylic acids is 1.